The third kappa shape index (κ3) is 3.76. The maximum Gasteiger partial charge on any atom is 0.387 e. The first-order chi connectivity index (χ1) is 12.3. The van der Waals surface area contributed by atoms with Crippen LogP contribution >= 0.6 is 11.6 Å². The Balaban J connectivity index is 1.58. The molecule has 0 bridgehead atoms. The smallest absolute Gasteiger partial charge is 0.387 e. The van der Waals surface area contributed by atoms with Gasteiger partial charge in [-0.15, -0.1) is 0 Å². The zero-order chi connectivity index (χ0) is 18.9. The van der Waals surface area contributed by atoms with Gasteiger partial charge in [0.25, 0.3) is 0 Å². The van der Waals surface area contributed by atoms with Crippen molar-refractivity contribution in [2.45, 2.75) is 25.9 Å². The number of aliphatic carboxylic acids is 1. The molecular formula is C17H19ClF2N2O4. The monoisotopic (exact) mass is 388 g/mol. The van der Waals surface area contributed by atoms with Gasteiger partial charge in [0, 0.05) is 18.8 Å². The normalized spacial score (nSPS) is 25.3. The van der Waals surface area contributed by atoms with Crippen LogP contribution in [0.4, 0.5) is 14.5 Å². The van der Waals surface area contributed by atoms with Gasteiger partial charge in [-0.1, -0.05) is 18.0 Å². The summed E-state index contributed by atoms with van der Waals surface area (Å²) >= 11 is 5.86. The molecule has 0 aromatic heterocycles. The van der Waals surface area contributed by atoms with Crippen LogP contribution in [0.25, 0.3) is 0 Å². The molecule has 1 heterocycles. The molecule has 0 spiro atoms. The molecule has 2 aliphatic rings. The Morgan fingerprint density at radius 3 is 2.85 bits per heavy atom. The third-order valence-corrected chi connectivity index (χ3v) is 5.46. The van der Waals surface area contributed by atoms with Gasteiger partial charge >= 0.3 is 12.6 Å². The number of benzene rings is 1. The molecule has 2 atom stereocenters. The third-order valence-electron chi connectivity index (χ3n) is 5.17. The summed E-state index contributed by atoms with van der Waals surface area (Å²) < 4.78 is 28.7. The van der Waals surface area contributed by atoms with Gasteiger partial charge in [0.1, 0.15) is 5.75 Å². The highest BCUT2D eigenvalue weighted by atomic mass is 35.5. The second-order valence-corrected chi connectivity index (χ2v) is 7.20. The van der Waals surface area contributed by atoms with E-state index in [0.29, 0.717) is 25.2 Å². The molecule has 2 N–H and O–H groups in total. The van der Waals surface area contributed by atoms with Crippen molar-refractivity contribution in [3.63, 3.8) is 0 Å². The first-order valence-corrected chi connectivity index (χ1v) is 8.68. The average Bonchev–Trinajstić information content (AvgIpc) is 3.07. The molecule has 1 aromatic carbocycles. The number of nitrogens with zero attached hydrogens (tertiary/aromatic N) is 1. The fraction of sp³-hybridized carbons (Fsp3) is 0.529. The number of amides is 1. The van der Waals surface area contributed by atoms with Gasteiger partial charge in [-0.05, 0) is 37.0 Å². The van der Waals surface area contributed by atoms with E-state index in [1.165, 1.54) is 18.2 Å². The van der Waals surface area contributed by atoms with Crippen LogP contribution < -0.4 is 10.1 Å². The zero-order valence-electron chi connectivity index (χ0n) is 13.9. The van der Waals surface area contributed by atoms with E-state index >= 15 is 0 Å². The Morgan fingerprint density at radius 2 is 2.23 bits per heavy atom. The number of carbonyl (C=O) groups excluding carboxylic acids is 1. The van der Waals surface area contributed by atoms with E-state index in [4.69, 9.17) is 11.6 Å². The van der Waals surface area contributed by atoms with E-state index < -0.39 is 18.0 Å². The molecule has 1 aromatic rings. The molecule has 2 fully saturated rings. The summed E-state index contributed by atoms with van der Waals surface area (Å²) in [6.07, 6.45) is 2.42. The summed E-state index contributed by atoms with van der Waals surface area (Å²) in [6.45, 7) is -1.97. The largest absolute Gasteiger partial charge is 0.481 e. The van der Waals surface area contributed by atoms with Gasteiger partial charge in [0.05, 0.1) is 17.0 Å². The molecule has 26 heavy (non-hydrogen) atoms. The predicted molar refractivity (Wildman–Crippen MR) is 90.6 cm³/mol. The summed E-state index contributed by atoms with van der Waals surface area (Å²) in [7, 11) is 0. The average molecular weight is 389 g/mol. The Morgan fingerprint density at radius 1 is 1.46 bits per heavy atom. The molecule has 9 heteroatoms. The number of rotatable bonds is 6. The number of carbonyl (C=O) groups is 2. The van der Waals surface area contributed by atoms with Crippen molar-refractivity contribution in [1.82, 2.24) is 4.90 Å². The quantitative estimate of drug-likeness (QED) is 0.783. The van der Waals surface area contributed by atoms with Crippen LogP contribution in [0.3, 0.4) is 0 Å². The van der Waals surface area contributed by atoms with Gasteiger partial charge in [0.2, 0.25) is 5.91 Å². The minimum absolute atomic E-state index is 0.0383. The number of fused-ring (bicyclic) bond motifs is 1. The summed E-state index contributed by atoms with van der Waals surface area (Å²) in [5.41, 5.74) is -0.383. The van der Waals surface area contributed by atoms with Gasteiger partial charge in [-0.3, -0.25) is 14.5 Å². The molecule has 1 aliphatic carbocycles. The number of alkyl halides is 2. The Hall–Kier alpha value is -1.93. The molecule has 1 amide bonds. The lowest BCUT2D eigenvalue weighted by Crippen LogP contribution is -2.37. The first-order valence-electron chi connectivity index (χ1n) is 8.30. The van der Waals surface area contributed by atoms with Gasteiger partial charge < -0.3 is 15.2 Å². The molecule has 1 saturated carbocycles. The highest BCUT2D eigenvalue weighted by molar-refractivity contribution is 6.32. The van der Waals surface area contributed by atoms with E-state index in [-0.39, 0.29) is 29.1 Å². The van der Waals surface area contributed by atoms with Crippen molar-refractivity contribution >= 4 is 29.2 Å². The molecule has 6 nitrogen and oxygen atoms in total. The van der Waals surface area contributed by atoms with Crippen LogP contribution in [0.1, 0.15) is 19.3 Å². The second-order valence-electron chi connectivity index (χ2n) is 6.79. The molecule has 3 rings (SSSR count). The fourth-order valence-corrected chi connectivity index (χ4v) is 4.26. The van der Waals surface area contributed by atoms with Crippen LogP contribution in [-0.4, -0.2) is 48.1 Å². The number of hydrogen-bond acceptors (Lipinski definition) is 4. The second kappa shape index (κ2) is 7.36. The molecule has 142 valence electrons. The Kier molecular flexibility index (Phi) is 5.34. The van der Waals surface area contributed by atoms with Crippen molar-refractivity contribution in [3.8, 4) is 5.75 Å². The summed E-state index contributed by atoms with van der Waals surface area (Å²) in [5, 5.41) is 12.2. The number of ether oxygens (including phenoxy) is 1. The van der Waals surface area contributed by atoms with Crippen LogP contribution in [0.5, 0.6) is 5.75 Å². The summed E-state index contributed by atoms with van der Waals surface area (Å²) in [6, 6.07) is 4.00. The van der Waals surface area contributed by atoms with E-state index in [1.54, 1.807) is 0 Å². The van der Waals surface area contributed by atoms with Crippen molar-refractivity contribution < 1.29 is 28.2 Å². The maximum atomic E-state index is 12.2. The number of nitrogens with one attached hydrogen (secondary N) is 1. The number of likely N-dealkylation sites (tertiary alicyclic amines) is 1. The van der Waals surface area contributed by atoms with Crippen molar-refractivity contribution in [2.75, 3.05) is 25.0 Å². The SMILES string of the molecule is O=C(CN1C[C@@H]2CCC[C@@]2(C(=O)O)C1)Nc1ccc(OC(F)F)c(Cl)c1. The van der Waals surface area contributed by atoms with E-state index in [0.717, 1.165) is 12.8 Å². The number of halogens is 3. The van der Waals surface area contributed by atoms with Crippen LogP contribution in [-0.2, 0) is 9.59 Å². The van der Waals surface area contributed by atoms with Crippen LogP contribution in [0.15, 0.2) is 18.2 Å². The van der Waals surface area contributed by atoms with Crippen molar-refractivity contribution in [3.05, 3.63) is 23.2 Å². The Labute approximate surface area is 154 Å². The van der Waals surface area contributed by atoms with Crippen molar-refractivity contribution in [2.24, 2.45) is 11.3 Å². The molecular weight excluding hydrogens is 370 g/mol. The molecule has 1 saturated heterocycles. The highest BCUT2D eigenvalue weighted by Crippen LogP contribution is 2.48. The minimum atomic E-state index is -2.98. The fourth-order valence-electron chi connectivity index (χ4n) is 4.04. The molecule has 1 aliphatic heterocycles. The lowest BCUT2D eigenvalue weighted by molar-refractivity contribution is -0.149. The van der Waals surface area contributed by atoms with Crippen LogP contribution in [0.2, 0.25) is 5.02 Å². The summed E-state index contributed by atoms with van der Waals surface area (Å²) in [5.74, 6) is -1.20. The van der Waals surface area contributed by atoms with Gasteiger partial charge in [0.15, 0.2) is 0 Å². The van der Waals surface area contributed by atoms with Gasteiger partial charge in [-0.25, -0.2) is 0 Å². The number of anilines is 1. The number of carboxylic acid groups (broad SMARTS) is 1. The molecule has 0 radical (unpaired) electrons. The highest BCUT2D eigenvalue weighted by Gasteiger charge is 2.54. The van der Waals surface area contributed by atoms with Gasteiger partial charge in [-0.2, -0.15) is 8.78 Å². The topological polar surface area (TPSA) is 78.9 Å². The van der Waals surface area contributed by atoms with Crippen molar-refractivity contribution in [1.29, 1.82) is 0 Å². The first kappa shape index (κ1) is 18.8. The van der Waals surface area contributed by atoms with E-state index in [2.05, 4.69) is 10.1 Å². The zero-order valence-corrected chi connectivity index (χ0v) is 14.6. The predicted octanol–water partition coefficient (Wildman–Crippen LogP) is 3.07. The Bertz CT molecular complexity index is 718. The van der Waals surface area contributed by atoms with E-state index in [1.807, 2.05) is 4.90 Å². The van der Waals surface area contributed by atoms with E-state index in [9.17, 15) is 23.5 Å². The standard InChI is InChI=1S/C17H19ClF2N2O4/c18-12-6-11(3-4-13(12)26-16(19)20)21-14(23)8-22-7-10-2-1-5-17(10,9-22)15(24)25/h3-4,6,10,16H,1-2,5,7-9H2,(H,21,23)(H,24,25)/t10-,17+/m0/s1. The number of hydrogen-bond donors (Lipinski definition) is 2. The summed E-state index contributed by atoms with van der Waals surface area (Å²) in [4.78, 5) is 25.8. The maximum absolute atomic E-state index is 12.2. The number of carboxylic acids is 1. The van der Waals surface area contributed by atoms with Crippen LogP contribution in [0, 0.1) is 11.3 Å². The lowest BCUT2D eigenvalue weighted by Gasteiger charge is -2.23. The molecule has 0 unspecified atom stereocenters. The minimum Gasteiger partial charge on any atom is -0.481 e. The lowest BCUT2D eigenvalue weighted by atomic mass is 9.81.